The molecule has 3 rings (SSSR count). The lowest BCUT2D eigenvalue weighted by molar-refractivity contribution is -0.117. The average molecular weight is 491 g/mol. The number of hydrogen-bond acceptors (Lipinski definition) is 3. The first-order chi connectivity index (χ1) is 15.9. The summed E-state index contributed by atoms with van der Waals surface area (Å²) in [5.74, 6) is -0.0131. The van der Waals surface area contributed by atoms with Gasteiger partial charge in [0.1, 0.15) is 0 Å². The number of aryl methyl sites for hydroxylation is 2. The summed E-state index contributed by atoms with van der Waals surface area (Å²) in [7, 11) is 0. The molecule has 2 aromatic rings. The number of anilines is 1. The first-order valence-corrected chi connectivity index (χ1v) is 12.3. The zero-order valence-electron chi connectivity index (χ0n) is 19.3. The second-order valence-electron chi connectivity index (χ2n) is 8.22. The van der Waals surface area contributed by atoms with E-state index >= 15 is 0 Å². The molecule has 1 heterocycles. The Labute approximate surface area is 206 Å². The van der Waals surface area contributed by atoms with Gasteiger partial charge in [0, 0.05) is 48.5 Å². The molecule has 1 aliphatic rings. The maximum Gasteiger partial charge on any atom is 0.317 e. The Balaban J connectivity index is 1.50. The molecule has 3 amide bonds. The molecule has 2 aromatic carbocycles. The lowest BCUT2D eigenvalue weighted by atomic mass is 10.0. The number of benzene rings is 2. The predicted octanol–water partition coefficient (Wildman–Crippen LogP) is 4.97. The van der Waals surface area contributed by atoms with Gasteiger partial charge < -0.3 is 15.5 Å². The fraction of sp³-hybridized carbons (Fsp3) is 0.440. The van der Waals surface area contributed by atoms with E-state index in [0.717, 1.165) is 48.2 Å². The van der Waals surface area contributed by atoms with Crippen LogP contribution in [-0.4, -0.2) is 54.5 Å². The molecular weight excluding hydrogens is 459 g/mol. The second-order valence-corrected chi connectivity index (χ2v) is 9.06. The van der Waals surface area contributed by atoms with Gasteiger partial charge in [0.25, 0.3) is 0 Å². The maximum absolute atomic E-state index is 12.8. The largest absolute Gasteiger partial charge is 0.334 e. The first kappa shape index (κ1) is 25.3. The van der Waals surface area contributed by atoms with Crippen LogP contribution in [0.5, 0.6) is 0 Å². The molecule has 1 saturated heterocycles. The first-order valence-electron chi connectivity index (χ1n) is 11.5. The summed E-state index contributed by atoms with van der Waals surface area (Å²) in [6.45, 7) is 7.50. The van der Waals surface area contributed by atoms with Crippen LogP contribution in [-0.2, 0) is 24.2 Å². The van der Waals surface area contributed by atoms with Gasteiger partial charge in [0.15, 0.2) is 0 Å². The summed E-state index contributed by atoms with van der Waals surface area (Å²) < 4.78 is 0. The smallest absolute Gasteiger partial charge is 0.317 e. The number of amides is 3. The SMILES string of the molecule is CCc1cccc(CC)c1NC(=O)CN1CCCN(C(=O)NCc2ccc(Cl)cc2Cl)CC1. The monoisotopic (exact) mass is 490 g/mol. The Morgan fingerprint density at radius 2 is 1.67 bits per heavy atom. The third-order valence-corrected chi connectivity index (χ3v) is 6.54. The Bertz CT molecular complexity index is 961. The summed E-state index contributed by atoms with van der Waals surface area (Å²) >= 11 is 12.1. The lowest BCUT2D eigenvalue weighted by Crippen LogP contribution is -2.42. The molecule has 2 N–H and O–H groups in total. The summed E-state index contributed by atoms with van der Waals surface area (Å²) in [6.07, 6.45) is 2.56. The average Bonchev–Trinajstić information content (AvgIpc) is 3.04. The van der Waals surface area contributed by atoms with E-state index in [4.69, 9.17) is 23.2 Å². The molecule has 1 fully saturated rings. The van der Waals surface area contributed by atoms with Gasteiger partial charge in [-0.25, -0.2) is 4.79 Å². The number of urea groups is 1. The molecule has 0 unspecified atom stereocenters. The molecule has 0 atom stereocenters. The van der Waals surface area contributed by atoms with E-state index < -0.39 is 0 Å². The molecule has 1 aliphatic heterocycles. The number of rotatable bonds is 7. The molecule has 33 heavy (non-hydrogen) atoms. The molecule has 0 saturated carbocycles. The number of hydrogen-bond donors (Lipinski definition) is 2. The van der Waals surface area contributed by atoms with Crippen LogP contribution in [0.15, 0.2) is 36.4 Å². The van der Waals surface area contributed by atoms with E-state index in [1.807, 2.05) is 12.1 Å². The minimum Gasteiger partial charge on any atom is -0.334 e. The van der Waals surface area contributed by atoms with Crippen LogP contribution in [0.1, 0.15) is 37.0 Å². The Kier molecular flexibility index (Phi) is 9.41. The Hall–Kier alpha value is -2.28. The van der Waals surface area contributed by atoms with Crippen LogP contribution in [0.2, 0.25) is 10.0 Å². The zero-order chi connectivity index (χ0) is 23.8. The van der Waals surface area contributed by atoms with Crippen molar-refractivity contribution in [2.24, 2.45) is 0 Å². The number of carbonyl (C=O) groups excluding carboxylic acids is 2. The van der Waals surface area contributed by atoms with E-state index in [-0.39, 0.29) is 11.9 Å². The molecule has 0 radical (unpaired) electrons. The van der Waals surface area contributed by atoms with Crippen LogP contribution in [0.4, 0.5) is 10.5 Å². The third-order valence-electron chi connectivity index (χ3n) is 5.95. The van der Waals surface area contributed by atoms with Gasteiger partial charge >= 0.3 is 6.03 Å². The third kappa shape index (κ3) is 7.10. The van der Waals surface area contributed by atoms with Crippen molar-refractivity contribution in [3.63, 3.8) is 0 Å². The fourth-order valence-corrected chi connectivity index (χ4v) is 4.54. The van der Waals surface area contributed by atoms with Crippen LogP contribution < -0.4 is 10.6 Å². The minimum atomic E-state index is -0.128. The van der Waals surface area contributed by atoms with Crippen LogP contribution in [0.25, 0.3) is 0 Å². The van der Waals surface area contributed by atoms with Crippen molar-refractivity contribution in [1.82, 2.24) is 15.1 Å². The van der Waals surface area contributed by atoms with Crippen molar-refractivity contribution in [2.45, 2.75) is 39.7 Å². The zero-order valence-corrected chi connectivity index (χ0v) is 20.8. The summed E-state index contributed by atoms with van der Waals surface area (Å²) in [6, 6.07) is 11.3. The molecule has 8 heteroatoms. The van der Waals surface area contributed by atoms with Gasteiger partial charge in [-0.3, -0.25) is 9.69 Å². The second kappa shape index (κ2) is 12.3. The predicted molar refractivity (Wildman–Crippen MR) is 135 cm³/mol. The number of nitrogens with zero attached hydrogens (tertiary/aromatic N) is 2. The quantitative estimate of drug-likeness (QED) is 0.575. The molecule has 178 valence electrons. The van der Waals surface area contributed by atoms with E-state index in [9.17, 15) is 9.59 Å². The number of carbonyl (C=O) groups is 2. The van der Waals surface area contributed by atoms with Gasteiger partial charge in [-0.1, -0.05) is 61.3 Å². The molecule has 0 aromatic heterocycles. The summed E-state index contributed by atoms with van der Waals surface area (Å²) in [4.78, 5) is 29.4. The van der Waals surface area contributed by atoms with E-state index in [1.165, 1.54) is 0 Å². The van der Waals surface area contributed by atoms with Crippen LogP contribution in [0.3, 0.4) is 0 Å². The standard InChI is InChI=1S/C25H32Cl2N4O2/c1-3-18-7-5-8-19(4-2)24(18)29-23(32)17-30-11-6-12-31(14-13-30)25(33)28-16-20-9-10-21(26)15-22(20)27/h5,7-10,15H,3-4,6,11-14,16-17H2,1-2H3,(H,28,33)(H,29,32). The molecule has 0 aliphatic carbocycles. The number of nitrogens with one attached hydrogen (secondary N) is 2. The topological polar surface area (TPSA) is 64.7 Å². The number of para-hydroxylation sites is 1. The van der Waals surface area contributed by atoms with Gasteiger partial charge in [-0.15, -0.1) is 0 Å². The van der Waals surface area contributed by atoms with E-state index in [0.29, 0.717) is 42.8 Å². The van der Waals surface area contributed by atoms with Crippen molar-refractivity contribution in [3.05, 3.63) is 63.1 Å². The van der Waals surface area contributed by atoms with Crippen molar-refractivity contribution in [1.29, 1.82) is 0 Å². The molecule has 0 spiro atoms. The fourth-order valence-electron chi connectivity index (χ4n) is 4.06. The summed E-state index contributed by atoms with van der Waals surface area (Å²) in [5.41, 5.74) is 4.08. The van der Waals surface area contributed by atoms with E-state index in [1.54, 1.807) is 17.0 Å². The van der Waals surface area contributed by atoms with Gasteiger partial charge in [-0.05, 0) is 48.1 Å². The Morgan fingerprint density at radius 3 is 2.33 bits per heavy atom. The Morgan fingerprint density at radius 1 is 0.939 bits per heavy atom. The van der Waals surface area contributed by atoms with Crippen molar-refractivity contribution in [3.8, 4) is 0 Å². The highest BCUT2D eigenvalue weighted by molar-refractivity contribution is 6.35. The summed E-state index contributed by atoms with van der Waals surface area (Å²) in [5, 5.41) is 7.17. The van der Waals surface area contributed by atoms with Crippen molar-refractivity contribution < 1.29 is 9.59 Å². The minimum absolute atomic E-state index is 0.0131. The molecule has 6 nitrogen and oxygen atoms in total. The van der Waals surface area contributed by atoms with Gasteiger partial charge in [-0.2, -0.15) is 0 Å². The highest BCUT2D eigenvalue weighted by Crippen LogP contribution is 2.23. The number of halogens is 2. The van der Waals surface area contributed by atoms with Crippen LogP contribution in [0, 0.1) is 0 Å². The highest BCUT2D eigenvalue weighted by Gasteiger charge is 2.21. The molecular formula is C25H32Cl2N4O2. The van der Waals surface area contributed by atoms with Crippen molar-refractivity contribution >= 4 is 40.8 Å². The molecule has 0 bridgehead atoms. The van der Waals surface area contributed by atoms with E-state index in [2.05, 4.69) is 41.5 Å². The van der Waals surface area contributed by atoms with Crippen molar-refractivity contribution in [2.75, 3.05) is 38.0 Å². The van der Waals surface area contributed by atoms with Gasteiger partial charge in [0.05, 0.1) is 6.54 Å². The maximum atomic E-state index is 12.8. The normalized spacial score (nSPS) is 14.6. The highest BCUT2D eigenvalue weighted by atomic mass is 35.5. The van der Waals surface area contributed by atoms with Crippen LogP contribution >= 0.6 is 23.2 Å². The van der Waals surface area contributed by atoms with Gasteiger partial charge in [0.2, 0.25) is 5.91 Å². The lowest BCUT2D eigenvalue weighted by Gasteiger charge is -2.22.